The Kier molecular flexibility index (Phi) is 4.73. The van der Waals surface area contributed by atoms with Crippen molar-refractivity contribution in [3.63, 3.8) is 0 Å². The molecule has 0 N–H and O–H groups in total. The fourth-order valence-electron chi connectivity index (χ4n) is 4.45. The zero-order valence-corrected chi connectivity index (χ0v) is 15.0. The minimum Gasteiger partial charge on any atom is -0.361 e. The second-order valence-electron chi connectivity index (χ2n) is 6.75. The zero-order chi connectivity index (χ0) is 15.3. The largest absolute Gasteiger partial charge is 0.361 e. The average Bonchev–Trinajstić information content (AvgIpc) is 3.02. The summed E-state index contributed by atoms with van der Waals surface area (Å²) >= 11 is 6.06. The van der Waals surface area contributed by atoms with Crippen LogP contribution in [0.4, 0.5) is 0 Å². The molecular formula is C18H22Cl2N2O. The van der Waals surface area contributed by atoms with Gasteiger partial charge in [-0.15, -0.1) is 12.4 Å². The molecule has 23 heavy (non-hydrogen) atoms. The summed E-state index contributed by atoms with van der Waals surface area (Å²) in [5.74, 6) is 1.90. The Hall–Kier alpha value is -1.03. The van der Waals surface area contributed by atoms with Crippen molar-refractivity contribution >= 4 is 24.0 Å². The van der Waals surface area contributed by atoms with Gasteiger partial charge in [-0.25, -0.2) is 0 Å². The van der Waals surface area contributed by atoms with Crippen LogP contribution in [0.3, 0.4) is 0 Å². The molecule has 0 spiro atoms. The molecule has 0 aliphatic carbocycles. The highest BCUT2D eigenvalue weighted by Gasteiger charge is 2.47. The smallest absolute Gasteiger partial charge is 0.142 e. The summed E-state index contributed by atoms with van der Waals surface area (Å²) in [5, 5.41) is 4.92. The van der Waals surface area contributed by atoms with Crippen LogP contribution in [0.25, 0.3) is 0 Å². The molecule has 2 aliphatic heterocycles. The maximum atomic E-state index is 6.06. The summed E-state index contributed by atoms with van der Waals surface area (Å²) in [5.41, 5.74) is 2.33. The average molecular weight is 353 g/mol. The topological polar surface area (TPSA) is 29.3 Å². The van der Waals surface area contributed by atoms with Gasteiger partial charge in [0.05, 0.1) is 5.69 Å². The number of hydrogen-bond acceptors (Lipinski definition) is 3. The molecule has 2 aromatic rings. The van der Waals surface area contributed by atoms with E-state index < -0.39 is 0 Å². The van der Waals surface area contributed by atoms with Gasteiger partial charge in [-0.1, -0.05) is 28.9 Å². The van der Waals surface area contributed by atoms with Crippen LogP contribution >= 0.6 is 24.0 Å². The van der Waals surface area contributed by atoms with Crippen molar-refractivity contribution in [2.45, 2.75) is 50.1 Å². The Morgan fingerprint density at radius 2 is 1.96 bits per heavy atom. The molecule has 4 rings (SSSR count). The zero-order valence-electron chi connectivity index (χ0n) is 13.4. The van der Waals surface area contributed by atoms with Crippen molar-refractivity contribution in [2.75, 3.05) is 7.05 Å². The molecule has 0 saturated carbocycles. The van der Waals surface area contributed by atoms with Gasteiger partial charge in [0, 0.05) is 29.1 Å². The SMILES string of the molecule is Cc1cc([C@H]2C(c3ccc(Cl)cc3)C[C@@H]3CC[C@H]2N3C)on1.Cl. The molecule has 1 unspecified atom stereocenters. The normalized spacial score (nSPS) is 30.2. The van der Waals surface area contributed by atoms with Crippen molar-refractivity contribution in [3.05, 3.63) is 52.4 Å². The van der Waals surface area contributed by atoms with Crippen LogP contribution in [-0.4, -0.2) is 29.2 Å². The van der Waals surface area contributed by atoms with Crippen LogP contribution in [0.5, 0.6) is 0 Å². The van der Waals surface area contributed by atoms with E-state index in [4.69, 9.17) is 16.1 Å². The summed E-state index contributed by atoms with van der Waals surface area (Å²) in [7, 11) is 2.26. The Morgan fingerprint density at radius 3 is 2.61 bits per heavy atom. The quantitative estimate of drug-likeness (QED) is 0.777. The minimum atomic E-state index is 0. The number of fused-ring (bicyclic) bond motifs is 2. The first-order valence-electron chi connectivity index (χ1n) is 8.04. The summed E-state index contributed by atoms with van der Waals surface area (Å²) < 4.78 is 5.68. The van der Waals surface area contributed by atoms with Crippen molar-refractivity contribution < 1.29 is 4.52 Å². The second kappa shape index (κ2) is 6.46. The molecule has 1 aromatic heterocycles. The van der Waals surface area contributed by atoms with E-state index in [-0.39, 0.29) is 12.4 Å². The van der Waals surface area contributed by atoms with Gasteiger partial charge in [0.15, 0.2) is 0 Å². The molecule has 0 radical (unpaired) electrons. The number of hydrogen-bond donors (Lipinski definition) is 0. The lowest BCUT2D eigenvalue weighted by atomic mass is 9.75. The molecule has 1 aromatic carbocycles. The highest BCUT2D eigenvalue weighted by atomic mass is 35.5. The van der Waals surface area contributed by atoms with Crippen LogP contribution < -0.4 is 0 Å². The van der Waals surface area contributed by atoms with Gasteiger partial charge in [0.25, 0.3) is 0 Å². The van der Waals surface area contributed by atoms with Gasteiger partial charge in [-0.2, -0.15) is 0 Å². The summed E-state index contributed by atoms with van der Waals surface area (Å²) in [4.78, 5) is 2.55. The number of piperidine rings is 1. The summed E-state index contributed by atoms with van der Waals surface area (Å²) in [6.45, 7) is 1.99. The van der Waals surface area contributed by atoms with Gasteiger partial charge in [-0.3, -0.25) is 4.90 Å². The predicted octanol–water partition coefficient (Wildman–Crippen LogP) is 4.79. The highest BCUT2D eigenvalue weighted by Crippen LogP contribution is 2.50. The third-order valence-corrected chi connectivity index (χ3v) is 5.79. The number of rotatable bonds is 2. The Morgan fingerprint density at radius 1 is 1.22 bits per heavy atom. The van der Waals surface area contributed by atoms with Gasteiger partial charge in [-0.05, 0) is 56.8 Å². The first kappa shape index (κ1) is 16.8. The maximum Gasteiger partial charge on any atom is 0.142 e. The molecule has 2 aliphatic rings. The summed E-state index contributed by atoms with van der Waals surface area (Å²) in [6.07, 6.45) is 3.71. The molecule has 3 nitrogen and oxygen atoms in total. The fraction of sp³-hybridized carbons (Fsp3) is 0.500. The van der Waals surface area contributed by atoms with Crippen LogP contribution in [0, 0.1) is 6.92 Å². The van der Waals surface area contributed by atoms with E-state index in [1.165, 1.54) is 24.8 Å². The summed E-state index contributed by atoms with van der Waals surface area (Å²) in [6, 6.07) is 11.7. The molecule has 2 fully saturated rings. The van der Waals surface area contributed by atoms with E-state index in [2.05, 4.69) is 35.3 Å². The van der Waals surface area contributed by atoms with Crippen molar-refractivity contribution in [3.8, 4) is 0 Å². The maximum absolute atomic E-state index is 6.06. The van der Waals surface area contributed by atoms with E-state index in [0.29, 0.717) is 23.9 Å². The third-order valence-electron chi connectivity index (χ3n) is 5.54. The van der Waals surface area contributed by atoms with Crippen LogP contribution in [0.15, 0.2) is 34.9 Å². The minimum absolute atomic E-state index is 0. The molecule has 124 valence electrons. The van der Waals surface area contributed by atoms with Crippen LogP contribution in [-0.2, 0) is 0 Å². The number of aromatic nitrogens is 1. The van der Waals surface area contributed by atoms with Crippen LogP contribution in [0.1, 0.15) is 48.1 Å². The van der Waals surface area contributed by atoms with Crippen molar-refractivity contribution in [1.82, 2.24) is 10.1 Å². The Bertz CT molecular complexity index is 670. The molecule has 2 saturated heterocycles. The van der Waals surface area contributed by atoms with Crippen molar-refractivity contribution in [1.29, 1.82) is 0 Å². The number of benzene rings is 1. The van der Waals surface area contributed by atoms with Crippen LogP contribution in [0.2, 0.25) is 5.02 Å². The molecule has 2 bridgehead atoms. The van der Waals surface area contributed by atoms with Gasteiger partial charge >= 0.3 is 0 Å². The molecule has 0 amide bonds. The number of likely N-dealkylation sites (N-methyl/N-ethyl adjacent to an activating group) is 1. The van der Waals surface area contributed by atoms with Gasteiger partial charge < -0.3 is 4.52 Å². The lowest BCUT2D eigenvalue weighted by molar-refractivity contribution is 0.122. The standard InChI is InChI=1S/C18H21ClN2O.ClH/c1-11-9-17(22-20-11)18-15(12-3-5-13(19)6-4-12)10-14-7-8-16(18)21(14)2;/h3-6,9,14-16,18H,7-8,10H2,1-2H3;1H/t14-,15?,16+,18-;/m0./s1. The van der Waals surface area contributed by atoms with E-state index in [1.54, 1.807) is 0 Å². The number of aryl methyl sites for hydroxylation is 1. The second-order valence-corrected chi connectivity index (χ2v) is 7.19. The van der Waals surface area contributed by atoms with E-state index in [9.17, 15) is 0 Å². The van der Waals surface area contributed by atoms with Gasteiger partial charge in [0.1, 0.15) is 5.76 Å². The third kappa shape index (κ3) is 2.90. The predicted molar refractivity (Wildman–Crippen MR) is 94.6 cm³/mol. The number of halogens is 2. The van der Waals surface area contributed by atoms with Crippen molar-refractivity contribution in [2.24, 2.45) is 0 Å². The monoisotopic (exact) mass is 352 g/mol. The Labute approximate surface area is 148 Å². The Balaban J connectivity index is 0.00000156. The molecule has 3 heterocycles. The first-order chi connectivity index (χ1) is 10.6. The lowest BCUT2D eigenvalue weighted by Gasteiger charge is -2.42. The lowest BCUT2D eigenvalue weighted by Crippen LogP contribution is -2.44. The van der Waals surface area contributed by atoms with E-state index >= 15 is 0 Å². The molecular weight excluding hydrogens is 331 g/mol. The number of nitrogens with zero attached hydrogens (tertiary/aromatic N) is 2. The van der Waals surface area contributed by atoms with E-state index in [0.717, 1.165) is 16.5 Å². The molecule has 5 heteroatoms. The van der Waals surface area contributed by atoms with Gasteiger partial charge in [0.2, 0.25) is 0 Å². The molecule has 4 atom stereocenters. The highest BCUT2D eigenvalue weighted by molar-refractivity contribution is 6.30. The van der Waals surface area contributed by atoms with E-state index in [1.807, 2.05) is 19.1 Å². The first-order valence-corrected chi connectivity index (χ1v) is 8.42. The fourth-order valence-corrected chi connectivity index (χ4v) is 4.57.